The second kappa shape index (κ2) is 12.7. The summed E-state index contributed by atoms with van der Waals surface area (Å²) in [5.74, 6) is -0.912. The summed E-state index contributed by atoms with van der Waals surface area (Å²) >= 11 is 12.3. The molecule has 38 heavy (non-hydrogen) atoms. The lowest BCUT2D eigenvalue weighted by Crippen LogP contribution is -2.52. The van der Waals surface area contributed by atoms with Crippen molar-refractivity contribution in [3.05, 3.63) is 94.0 Å². The standard InChI is InChI=1S/C28H31Cl2N3O4S/c1-19(2)31-28(35)21(4)32(17-22-13-14-25(29)26(30)16-22)27(34)18-33(23-10-8-9-20(3)15-23)38(36,37)24-11-6-5-7-12-24/h5-16,19,21H,17-18H2,1-4H3,(H,31,35). The first-order valence-electron chi connectivity index (χ1n) is 12.1. The van der Waals surface area contributed by atoms with Crippen molar-refractivity contribution in [1.29, 1.82) is 0 Å². The molecule has 1 unspecified atom stereocenters. The molecule has 3 aromatic rings. The lowest BCUT2D eigenvalue weighted by molar-refractivity contribution is -0.139. The maximum atomic E-state index is 13.9. The van der Waals surface area contributed by atoms with Gasteiger partial charge in [0.1, 0.15) is 12.6 Å². The summed E-state index contributed by atoms with van der Waals surface area (Å²) in [6, 6.07) is 18.7. The summed E-state index contributed by atoms with van der Waals surface area (Å²) in [5.41, 5.74) is 1.82. The summed E-state index contributed by atoms with van der Waals surface area (Å²) < 4.78 is 28.5. The molecule has 1 N–H and O–H groups in total. The number of benzene rings is 3. The maximum absolute atomic E-state index is 13.9. The highest BCUT2D eigenvalue weighted by molar-refractivity contribution is 7.92. The van der Waals surface area contributed by atoms with E-state index in [1.807, 2.05) is 26.8 Å². The minimum atomic E-state index is -4.10. The number of sulfonamides is 1. The van der Waals surface area contributed by atoms with Crippen LogP contribution in [0.3, 0.4) is 0 Å². The highest BCUT2D eigenvalue weighted by Gasteiger charge is 2.32. The van der Waals surface area contributed by atoms with Gasteiger partial charge in [0, 0.05) is 12.6 Å². The van der Waals surface area contributed by atoms with Crippen LogP contribution in [0.5, 0.6) is 0 Å². The molecule has 0 aliphatic rings. The molecule has 10 heteroatoms. The zero-order valence-electron chi connectivity index (χ0n) is 21.7. The van der Waals surface area contributed by atoms with Crippen molar-refractivity contribution in [2.24, 2.45) is 0 Å². The second-order valence-electron chi connectivity index (χ2n) is 9.27. The van der Waals surface area contributed by atoms with E-state index in [0.29, 0.717) is 21.3 Å². The molecule has 0 heterocycles. The normalized spacial score (nSPS) is 12.2. The van der Waals surface area contributed by atoms with Crippen LogP contribution in [-0.4, -0.2) is 43.8 Å². The average Bonchev–Trinajstić information content (AvgIpc) is 2.87. The van der Waals surface area contributed by atoms with Gasteiger partial charge in [-0.25, -0.2) is 8.42 Å². The largest absolute Gasteiger partial charge is 0.352 e. The Labute approximate surface area is 234 Å². The Hall–Kier alpha value is -3.07. The Kier molecular flexibility index (Phi) is 9.82. The molecule has 1 atom stereocenters. The number of aryl methyl sites for hydroxylation is 1. The van der Waals surface area contributed by atoms with E-state index in [0.717, 1.165) is 9.87 Å². The van der Waals surface area contributed by atoms with Gasteiger partial charge in [0.15, 0.2) is 0 Å². The Morgan fingerprint density at radius 3 is 2.18 bits per heavy atom. The van der Waals surface area contributed by atoms with Gasteiger partial charge in [-0.15, -0.1) is 0 Å². The summed E-state index contributed by atoms with van der Waals surface area (Å²) in [6.07, 6.45) is 0. The molecule has 0 aromatic heterocycles. The molecule has 202 valence electrons. The van der Waals surface area contributed by atoms with Crippen LogP contribution >= 0.6 is 23.2 Å². The first-order valence-corrected chi connectivity index (χ1v) is 14.3. The number of carbonyl (C=O) groups is 2. The Bertz CT molecular complexity index is 1400. The number of nitrogens with zero attached hydrogens (tertiary/aromatic N) is 2. The van der Waals surface area contributed by atoms with Crippen molar-refractivity contribution in [1.82, 2.24) is 10.2 Å². The van der Waals surface area contributed by atoms with Crippen LogP contribution in [0.15, 0.2) is 77.7 Å². The fraction of sp³-hybridized carbons (Fsp3) is 0.286. The Morgan fingerprint density at radius 2 is 1.58 bits per heavy atom. The van der Waals surface area contributed by atoms with Crippen LogP contribution in [0.2, 0.25) is 10.0 Å². The molecule has 3 rings (SSSR count). The lowest BCUT2D eigenvalue weighted by Gasteiger charge is -2.32. The molecule has 0 aliphatic carbocycles. The average molecular weight is 577 g/mol. The third-order valence-electron chi connectivity index (χ3n) is 5.83. The van der Waals surface area contributed by atoms with Gasteiger partial charge >= 0.3 is 0 Å². The molecule has 0 bridgehead atoms. The molecule has 0 saturated heterocycles. The third kappa shape index (κ3) is 7.28. The van der Waals surface area contributed by atoms with Gasteiger partial charge in [-0.2, -0.15) is 0 Å². The summed E-state index contributed by atoms with van der Waals surface area (Å²) in [4.78, 5) is 28.2. The molecular formula is C28H31Cl2N3O4S. The summed E-state index contributed by atoms with van der Waals surface area (Å²) in [6.45, 7) is 6.60. The molecule has 0 radical (unpaired) electrons. The van der Waals surface area contributed by atoms with Crippen LogP contribution in [0.25, 0.3) is 0 Å². The SMILES string of the molecule is Cc1cccc(N(CC(=O)N(Cc2ccc(Cl)c(Cl)c2)C(C)C(=O)NC(C)C)S(=O)(=O)c2ccccc2)c1. The van der Waals surface area contributed by atoms with Crippen molar-refractivity contribution in [3.63, 3.8) is 0 Å². The number of anilines is 1. The van der Waals surface area contributed by atoms with E-state index in [1.165, 1.54) is 17.0 Å². The molecule has 7 nitrogen and oxygen atoms in total. The van der Waals surface area contributed by atoms with Crippen LogP contribution in [-0.2, 0) is 26.2 Å². The number of amides is 2. The van der Waals surface area contributed by atoms with Gasteiger partial charge in [0.2, 0.25) is 11.8 Å². The lowest BCUT2D eigenvalue weighted by atomic mass is 10.1. The number of nitrogens with one attached hydrogen (secondary N) is 1. The number of halogens is 2. The molecule has 0 saturated carbocycles. The van der Waals surface area contributed by atoms with Crippen LogP contribution in [0, 0.1) is 6.92 Å². The molecule has 0 aliphatic heterocycles. The highest BCUT2D eigenvalue weighted by Crippen LogP contribution is 2.26. The van der Waals surface area contributed by atoms with E-state index >= 15 is 0 Å². The monoisotopic (exact) mass is 575 g/mol. The predicted molar refractivity (Wildman–Crippen MR) is 152 cm³/mol. The highest BCUT2D eigenvalue weighted by atomic mass is 35.5. The quantitative estimate of drug-likeness (QED) is 0.348. The van der Waals surface area contributed by atoms with Gasteiger partial charge in [-0.3, -0.25) is 13.9 Å². The second-order valence-corrected chi connectivity index (χ2v) is 11.9. The molecule has 3 aromatic carbocycles. The van der Waals surface area contributed by atoms with Crippen molar-refractivity contribution < 1.29 is 18.0 Å². The number of rotatable bonds is 10. The van der Waals surface area contributed by atoms with Crippen LogP contribution in [0.1, 0.15) is 31.9 Å². The predicted octanol–water partition coefficient (Wildman–Crippen LogP) is 5.44. The van der Waals surface area contributed by atoms with Crippen molar-refractivity contribution in [2.75, 3.05) is 10.8 Å². The first kappa shape index (κ1) is 29.5. The number of hydrogen-bond donors (Lipinski definition) is 1. The molecule has 0 spiro atoms. The zero-order chi connectivity index (χ0) is 28.0. The van der Waals surface area contributed by atoms with Gasteiger partial charge in [0.05, 0.1) is 20.6 Å². The van der Waals surface area contributed by atoms with Gasteiger partial charge in [-0.1, -0.05) is 59.6 Å². The first-order chi connectivity index (χ1) is 17.9. The fourth-order valence-corrected chi connectivity index (χ4v) is 5.60. The number of carbonyl (C=O) groups excluding carboxylic acids is 2. The third-order valence-corrected chi connectivity index (χ3v) is 8.36. The van der Waals surface area contributed by atoms with Gasteiger partial charge in [0.25, 0.3) is 10.0 Å². The Balaban J connectivity index is 2.03. The van der Waals surface area contributed by atoms with Gasteiger partial charge < -0.3 is 10.2 Å². The van der Waals surface area contributed by atoms with Crippen molar-refractivity contribution in [2.45, 2.75) is 51.2 Å². The summed E-state index contributed by atoms with van der Waals surface area (Å²) in [7, 11) is -4.10. The fourth-order valence-electron chi connectivity index (χ4n) is 3.85. The van der Waals surface area contributed by atoms with E-state index < -0.39 is 28.5 Å². The zero-order valence-corrected chi connectivity index (χ0v) is 24.0. The van der Waals surface area contributed by atoms with E-state index in [-0.39, 0.29) is 23.4 Å². The van der Waals surface area contributed by atoms with E-state index in [2.05, 4.69) is 5.32 Å². The summed E-state index contributed by atoms with van der Waals surface area (Å²) in [5, 5.41) is 3.49. The van der Waals surface area contributed by atoms with Crippen LogP contribution in [0.4, 0.5) is 5.69 Å². The van der Waals surface area contributed by atoms with Gasteiger partial charge in [-0.05, 0) is 75.2 Å². The maximum Gasteiger partial charge on any atom is 0.264 e. The molecular weight excluding hydrogens is 545 g/mol. The topological polar surface area (TPSA) is 86.8 Å². The van der Waals surface area contributed by atoms with E-state index in [9.17, 15) is 18.0 Å². The van der Waals surface area contributed by atoms with E-state index in [1.54, 1.807) is 61.5 Å². The number of hydrogen-bond acceptors (Lipinski definition) is 4. The molecule has 0 fully saturated rings. The van der Waals surface area contributed by atoms with Crippen LogP contribution < -0.4 is 9.62 Å². The smallest absolute Gasteiger partial charge is 0.264 e. The molecule has 2 amide bonds. The Morgan fingerprint density at radius 1 is 0.895 bits per heavy atom. The minimum Gasteiger partial charge on any atom is -0.352 e. The van der Waals surface area contributed by atoms with Crippen molar-refractivity contribution in [3.8, 4) is 0 Å². The minimum absolute atomic E-state index is 0.0233. The van der Waals surface area contributed by atoms with Crippen molar-refractivity contribution >= 4 is 50.7 Å². The van der Waals surface area contributed by atoms with E-state index in [4.69, 9.17) is 23.2 Å².